The van der Waals surface area contributed by atoms with Gasteiger partial charge in [-0.15, -0.1) is 0 Å². The molecule has 0 saturated carbocycles. The number of aliphatic hydroxyl groups is 1. The molecule has 0 radical (unpaired) electrons. The molecule has 0 saturated heterocycles. The number of nitrogens with zero attached hydrogens (tertiary/aromatic N) is 1. The standard InChI is InChI=1S/C16H18BrNO/c1-10-6-11(2)14(12(3)7-10)8-16(19)15-5-4-13(17)9-18-15/h4-7,9,16,19H,8H2,1-3H3. The number of hydrogen-bond acceptors (Lipinski definition) is 2. The fourth-order valence-corrected chi connectivity index (χ4v) is 2.65. The van der Waals surface area contributed by atoms with Crippen molar-refractivity contribution in [2.75, 3.05) is 0 Å². The van der Waals surface area contributed by atoms with Crippen molar-refractivity contribution in [3.05, 3.63) is 62.9 Å². The number of rotatable bonds is 3. The van der Waals surface area contributed by atoms with Crippen LogP contribution in [0.15, 0.2) is 34.9 Å². The molecule has 0 aliphatic rings. The van der Waals surface area contributed by atoms with Gasteiger partial charge in [-0.05, 0) is 65.5 Å². The fraction of sp³-hybridized carbons (Fsp3) is 0.312. The lowest BCUT2D eigenvalue weighted by Gasteiger charge is -2.15. The number of halogens is 1. The molecular formula is C16H18BrNO. The first-order valence-electron chi connectivity index (χ1n) is 6.33. The zero-order valence-electron chi connectivity index (χ0n) is 11.4. The van der Waals surface area contributed by atoms with E-state index in [0.29, 0.717) is 12.1 Å². The number of pyridine rings is 1. The molecule has 1 atom stereocenters. The summed E-state index contributed by atoms with van der Waals surface area (Å²) in [6.07, 6.45) is 1.76. The Hall–Kier alpha value is -1.19. The van der Waals surface area contributed by atoms with E-state index in [4.69, 9.17) is 0 Å². The number of aromatic nitrogens is 1. The Morgan fingerprint density at radius 1 is 1.16 bits per heavy atom. The third kappa shape index (κ3) is 3.43. The molecule has 1 aromatic heterocycles. The number of aryl methyl sites for hydroxylation is 3. The minimum Gasteiger partial charge on any atom is -0.386 e. The summed E-state index contributed by atoms with van der Waals surface area (Å²) in [6, 6.07) is 8.07. The molecule has 1 unspecified atom stereocenters. The molecule has 2 aromatic rings. The summed E-state index contributed by atoms with van der Waals surface area (Å²) in [5, 5.41) is 10.3. The van der Waals surface area contributed by atoms with Gasteiger partial charge in [0.15, 0.2) is 0 Å². The fourth-order valence-electron chi connectivity index (χ4n) is 2.41. The molecule has 1 heterocycles. The molecule has 2 nitrogen and oxygen atoms in total. The highest BCUT2D eigenvalue weighted by atomic mass is 79.9. The second-order valence-corrected chi connectivity index (χ2v) is 5.91. The summed E-state index contributed by atoms with van der Waals surface area (Å²) in [6.45, 7) is 6.28. The first-order chi connectivity index (χ1) is 8.97. The molecule has 1 aromatic carbocycles. The van der Waals surface area contributed by atoms with E-state index in [1.807, 2.05) is 12.1 Å². The molecule has 19 heavy (non-hydrogen) atoms. The van der Waals surface area contributed by atoms with Crippen LogP contribution in [-0.2, 0) is 6.42 Å². The van der Waals surface area contributed by atoms with E-state index in [-0.39, 0.29) is 0 Å². The van der Waals surface area contributed by atoms with Gasteiger partial charge in [0.1, 0.15) is 0 Å². The van der Waals surface area contributed by atoms with Gasteiger partial charge in [-0.3, -0.25) is 4.98 Å². The zero-order valence-corrected chi connectivity index (χ0v) is 13.0. The molecule has 0 spiro atoms. The quantitative estimate of drug-likeness (QED) is 0.926. The monoisotopic (exact) mass is 319 g/mol. The van der Waals surface area contributed by atoms with Gasteiger partial charge >= 0.3 is 0 Å². The molecule has 100 valence electrons. The van der Waals surface area contributed by atoms with E-state index in [9.17, 15) is 5.11 Å². The van der Waals surface area contributed by atoms with Gasteiger partial charge in [0, 0.05) is 17.1 Å². The van der Waals surface area contributed by atoms with Crippen LogP contribution < -0.4 is 0 Å². The lowest BCUT2D eigenvalue weighted by atomic mass is 9.94. The predicted molar refractivity (Wildman–Crippen MR) is 81.3 cm³/mol. The van der Waals surface area contributed by atoms with Gasteiger partial charge in [-0.1, -0.05) is 17.7 Å². The van der Waals surface area contributed by atoms with Crippen molar-refractivity contribution in [2.24, 2.45) is 0 Å². The Morgan fingerprint density at radius 2 is 1.79 bits per heavy atom. The Morgan fingerprint density at radius 3 is 2.32 bits per heavy atom. The van der Waals surface area contributed by atoms with Crippen LogP contribution in [0.1, 0.15) is 34.1 Å². The van der Waals surface area contributed by atoms with Gasteiger partial charge < -0.3 is 5.11 Å². The molecule has 3 heteroatoms. The number of benzene rings is 1. The third-order valence-corrected chi connectivity index (χ3v) is 3.80. The lowest BCUT2D eigenvalue weighted by molar-refractivity contribution is 0.173. The topological polar surface area (TPSA) is 33.1 Å². The maximum absolute atomic E-state index is 10.3. The lowest BCUT2D eigenvalue weighted by Crippen LogP contribution is -2.07. The van der Waals surface area contributed by atoms with E-state index in [0.717, 1.165) is 4.47 Å². The smallest absolute Gasteiger partial charge is 0.1000 e. The second kappa shape index (κ2) is 5.85. The van der Waals surface area contributed by atoms with E-state index in [2.05, 4.69) is 53.8 Å². The molecule has 0 aliphatic carbocycles. The number of hydrogen-bond donors (Lipinski definition) is 1. The Kier molecular flexibility index (Phi) is 4.38. The highest BCUT2D eigenvalue weighted by Crippen LogP contribution is 2.23. The Labute approximate surface area is 122 Å². The average Bonchev–Trinajstić information content (AvgIpc) is 2.34. The van der Waals surface area contributed by atoms with Crippen molar-refractivity contribution in [1.29, 1.82) is 0 Å². The Bertz CT molecular complexity index is 555. The van der Waals surface area contributed by atoms with Crippen LogP contribution in [0.5, 0.6) is 0 Å². The van der Waals surface area contributed by atoms with Gasteiger partial charge in [0.25, 0.3) is 0 Å². The molecular weight excluding hydrogens is 302 g/mol. The van der Waals surface area contributed by atoms with Gasteiger partial charge in [0.05, 0.1) is 11.8 Å². The van der Waals surface area contributed by atoms with Crippen molar-refractivity contribution in [3.8, 4) is 0 Å². The zero-order chi connectivity index (χ0) is 14.0. The summed E-state index contributed by atoms with van der Waals surface area (Å²) in [7, 11) is 0. The van der Waals surface area contributed by atoms with Crippen LogP contribution in [0.4, 0.5) is 0 Å². The summed E-state index contributed by atoms with van der Waals surface area (Å²) >= 11 is 3.35. The molecule has 2 rings (SSSR count). The van der Waals surface area contributed by atoms with Crippen molar-refractivity contribution in [1.82, 2.24) is 4.98 Å². The first kappa shape index (κ1) is 14.2. The van der Waals surface area contributed by atoms with Crippen molar-refractivity contribution in [2.45, 2.75) is 33.3 Å². The minimum atomic E-state index is -0.562. The van der Waals surface area contributed by atoms with Crippen LogP contribution in [0, 0.1) is 20.8 Å². The van der Waals surface area contributed by atoms with Crippen LogP contribution in [0.3, 0.4) is 0 Å². The van der Waals surface area contributed by atoms with Crippen LogP contribution >= 0.6 is 15.9 Å². The molecule has 0 amide bonds. The van der Waals surface area contributed by atoms with Gasteiger partial charge in [-0.2, -0.15) is 0 Å². The van der Waals surface area contributed by atoms with E-state index < -0.39 is 6.10 Å². The van der Waals surface area contributed by atoms with E-state index >= 15 is 0 Å². The van der Waals surface area contributed by atoms with Crippen LogP contribution in [0.2, 0.25) is 0 Å². The molecule has 0 bridgehead atoms. The highest BCUT2D eigenvalue weighted by molar-refractivity contribution is 9.10. The minimum absolute atomic E-state index is 0.562. The molecule has 0 aliphatic heterocycles. The molecule has 0 fully saturated rings. The normalized spacial score (nSPS) is 12.5. The average molecular weight is 320 g/mol. The summed E-state index contributed by atoms with van der Waals surface area (Å²) in [4.78, 5) is 4.25. The maximum atomic E-state index is 10.3. The van der Waals surface area contributed by atoms with E-state index in [1.165, 1.54) is 22.3 Å². The summed E-state index contributed by atoms with van der Waals surface area (Å²) < 4.78 is 0.922. The summed E-state index contributed by atoms with van der Waals surface area (Å²) in [5.41, 5.74) is 5.64. The van der Waals surface area contributed by atoms with Crippen molar-refractivity contribution < 1.29 is 5.11 Å². The Balaban J connectivity index is 2.24. The van der Waals surface area contributed by atoms with Crippen molar-refractivity contribution >= 4 is 15.9 Å². The van der Waals surface area contributed by atoms with Crippen LogP contribution in [-0.4, -0.2) is 10.1 Å². The van der Waals surface area contributed by atoms with Gasteiger partial charge in [-0.25, -0.2) is 0 Å². The van der Waals surface area contributed by atoms with Crippen molar-refractivity contribution in [3.63, 3.8) is 0 Å². The largest absolute Gasteiger partial charge is 0.386 e. The SMILES string of the molecule is Cc1cc(C)c(CC(O)c2ccc(Br)cn2)c(C)c1. The van der Waals surface area contributed by atoms with Crippen LogP contribution in [0.25, 0.3) is 0 Å². The van der Waals surface area contributed by atoms with Gasteiger partial charge in [0.2, 0.25) is 0 Å². The summed E-state index contributed by atoms with van der Waals surface area (Å²) in [5.74, 6) is 0. The van der Waals surface area contributed by atoms with E-state index in [1.54, 1.807) is 6.20 Å². The predicted octanol–water partition coefficient (Wildman–Crippen LogP) is 4.05. The number of aliphatic hydroxyl groups excluding tert-OH is 1. The highest BCUT2D eigenvalue weighted by Gasteiger charge is 2.13. The second-order valence-electron chi connectivity index (χ2n) is 5.00. The third-order valence-electron chi connectivity index (χ3n) is 3.33. The maximum Gasteiger partial charge on any atom is 0.1000 e. The first-order valence-corrected chi connectivity index (χ1v) is 7.13. The molecule has 1 N–H and O–H groups in total.